The van der Waals surface area contributed by atoms with E-state index in [9.17, 15) is 15.0 Å². The van der Waals surface area contributed by atoms with E-state index in [4.69, 9.17) is 0 Å². The minimum Gasteiger partial charge on any atom is -0.390 e. The molecule has 0 spiro atoms. The van der Waals surface area contributed by atoms with Gasteiger partial charge in [0.25, 0.3) is 0 Å². The average Bonchev–Trinajstić information content (AvgIpc) is 2.16. The molecule has 84 valence electrons. The Morgan fingerprint density at radius 1 is 1.40 bits per heavy atom. The van der Waals surface area contributed by atoms with E-state index in [1.54, 1.807) is 13.0 Å². The van der Waals surface area contributed by atoms with Gasteiger partial charge in [0.1, 0.15) is 5.60 Å². The fourth-order valence-corrected chi connectivity index (χ4v) is 2.87. The van der Waals surface area contributed by atoms with Crippen LogP contribution in [-0.4, -0.2) is 27.7 Å². The van der Waals surface area contributed by atoms with E-state index in [2.05, 4.69) is 6.92 Å². The van der Waals surface area contributed by atoms with Crippen LogP contribution in [0.5, 0.6) is 0 Å². The summed E-state index contributed by atoms with van der Waals surface area (Å²) in [7, 11) is 0. The molecule has 0 amide bonds. The highest BCUT2D eigenvalue weighted by atomic mass is 16.3. The molecule has 2 aliphatic carbocycles. The molecule has 2 rings (SSSR count). The standard InChI is InChI=1S/C12H18O3/c1-11-5-3-8(13)7-9(11)12(2,15)10(14)4-6-11/h7,10,14-15H,3-6H2,1-2H3/t10-,11+,12+/m1/s1. The van der Waals surface area contributed by atoms with Gasteiger partial charge in [-0.3, -0.25) is 4.79 Å². The van der Waals surface area contributed by atoms with Crippen LogP contribution in [0.15, 0.2) is 11.6 Å². The molecule has 0 aromatic rings. The normalized spacial score (nSPS) is 46.0. The second-order valence-electron chi connectivity index (χ2n) is 5.29. The van der Waals surface area contributed by atoms with Crippen LogP contribution in [0, 0.1) is 5.41 Å². The predicted octanol–water partition coefficient (Wildman–Crippen LogP) is 1.19. The average molecular weight is 210 g/mol. The summed E-state index contributed by atoms with van der Waals surface area (Å²) in [5.41, 5.74) is -0.607. The summed E-state index contributed by atoms with van der Waals surface area (Å²) >= 11 is 0. The maximum Gasteiger partial charge on any atom is 0.155 e. The van der Waals surface area contributed by atoms with E-state index in [0.29, 0.717) is 12.8 Å². The number of allylic oxidation sites excluding steroid dienone is 1. The second kappa shape index (κ2) is 3.16. The van der Waals surface area contributed by atoms with Gasteiger partial charge in [0.2, 0.25) is 0 Å². The molecule has 3 atom stereocenters. The maximum absolute atomic E-state index is 11.4. The van der Waals surface area contributed by atoms with Gasteiger partial charge >= 0.3 is 0 Å². The summed E-state index contributed by atoms with van der Waals surface area (Å²) in [6.07, 6.45) is 3.61. The number of fused-ring (bicyclic) bond motifs is 1. The van der Waals surface area contributed by atoms with Gasteiger partial charge in [-0.25, -0.2) is 0 Å². The number of aliphatic hydroxyl groups excluding tert-OH is 1. The van der Waals surface area contributed by atoms with Crippen LogP contribution in [0.2, 0.25) is 0 Å². The van der Waals surface area contributed by atoms with Crippen molar-refractivity contribution in [3.8, 4) is 0 Å². The Morgan fingerprint density at radius 3 is 2.73 bits per heavy atom. The van der Waals surface area contributed by atoms with Gasteiger partial charge in [0.15, 0.2) is 5.78 Å². The molecule has 0 heterocycles. The number of ketones is 1. The number of rotatable bonds is 0. The fourth-order valence-electron chi connectivity index (χ4n) is 2.87. The summed E-state index contributed by atoms with van der Waals surface area (Å²) in [6, 6.07) is 0. The van der Waals surface area contributed by atoms with E-state index in [1.807, 2.05) is 0 Å². The zero-order chi connectivity index (χ0) is 11.3. The first kappa shape index (κ1) is 10.8. The molecule has 1 fully saturated rings. The highest BCUT2D eigenvalue weighted by molar-refractivity contribution is 5.92. The third kappa shape index (κ3) is 1.54. The quantitative estimate of drug-likeness (QED) is 0.631. The van der Waals surface area contributed by atoms with E-state index in [0.717, 1.165) is 18.4 Å². The minimum atomic E-state index is -1.23. The Hall–Kier alpha value is -0.670. The molecule has 0 unspecified atom stereocenters. The third-order valence-corrected chi connectivity index (χ3v) is 4.04. The summed E-state index contributed by atoms with van der Waals surface area (Å²) < 4.78 is 0. The molecular weight excluding hydrogens is 192 g/mol. The monoisotopic (exact) mass is 210 g/mol. The van der Waals surface area contributed by atoms with E-state index >= 15 is 0 Å². The van der Waals surface area contributed by atoms with Crippen LogP contribution >= 0.6 is 0 Å². The number of aliphatic hydroxyl groups is 2. The van der Waals surface area contributed by atoms with Crippen molar-refractivity contribution in [1.82, 2.24) is 0 Å². The smallest absolute Gasteiger partial charge is 0.155 e. The summed E-state index contributed by atoms with van der Waals surface area (Å²) in [5, 5.41) is 20.0. The lowest BCUT2D eigenvalue weighted by Crippen LogP contribution is -2.52. The van der Waals surface area contributed by atoms with Gasteiger partial charge in [0, 0.05) is 6.42 Å². The highest BCUT2D eigenvalue weighted by Gasteiger charge is 2.49. The second-order valence-corrected chi connectivity index (χ2v) is 5.29. The molecule has 0 saturated heterocycles. The molecule has 0 aliphatic heterocycles. The molecule has 3 nitrogen and oxygen atoms in total. The van der Waals surface area contributed by atoms with Gasteiger partial charge in [-0.1, -0.05) is 6.92 Å². The molecular formula is C12H18O3. The van der Waals surface area contributed by atoms with E-state index in [-0.39, 0.29) is 11.2 Å². The third-order valence-electron chi connectivity index (χ3n) is 4.04. The summed E-state index contributed by atoms with van der Waals surface area (Å²) in [6.45, 7) is 3.69. The number of carbonyl (C=O) groups excluding carboxylic acids is 1. The van der Waals surface area contributed by atoms with Gasteiger partial charge in [-0.2, -0.15) is 0 Å². The Bertz CT molecular complexity index is 330. The van der Waals surface area contributed by atoms with Crippen molar-refractivity contribution in [3.63, 3.8) is 0 Å². The molecule has 15 heavy (non-hydrogen) atoms. The Labute approximate surface area is 89.8 Å². The SMILES string of the molecule is C[C@@]12CCC(=O)C=C1[C@](C)(O)[C@H](O)CC2. The maximum atomic E-state index is 11.4. The zero-order valence-electron chi connectivity index (χ0n) is 9.29. The molecule has 1 saturated carbocycles. The van der Waals surface area contributed by atoms with Crippen molar-refractivity contribution in [2.24, 2.45) is 5.41 Å². The molecule has 3 heteroatoms. The first-order valence-corrected chi connectivity index (χ1v) is 5.52. The molecule has 2 N–H and O–H groups in total. The Balaban J connectivity index is 2.46. The first-order chi connectivity index (χ1) is 6.86. The van der Waals surface area contributed by atoms with Crippen molar-refractivity contribution >= 4 is 5.78 Å². The lowest BCUT2D eigenvalue weighted by atomic mass is 9.60. The van der Waals surface area contributed by atoms with Crippen molar-refractivity contribution in [2.45, 2.75) is 51.2 Å². The van der Waals surface area contributed by atoms with Gasteiger partial charge in [0.05, 0.1) is 6.10 Å². The van der Waals surface area contributed by atoms with Gasteiger partial charge in [-0.15, -0.1) is 0 Å². The zero-order valence-corrected chi connectivity index (χ0v) is 9.29. The van der Waals surface area contributed by atoms with Crippen LogP contribution < -0.4 is 0 Å². The lowest BCUT2D eigenvalue weighted by molar-refractivity contribution is -0.118. The molecule has 0 aromatic heterocycles. The first-order valence-electron chi connectivity index (χ1n) is 5.52. The number of hydrogen-bond acceptors (Lipinski definition) is 3. The summed E-state index contributed by atoms with van der Waals surface area (Å²) in [5.74, 6) is 0.0665. The van der Waals surface area contributed by atoms with Crippen molar-refractivity contribution < 1.29 is 15.0 Å². The van der Waals surface area contributed by atoms with Gasteiger partial charge < -0.3 is 10.2 Å². The largest absolute Gasteiger partial charge is 0.390 e. The molecule has 0 aromatic carbocycles. The molecule has 0 radical (unpaired) electrons. The summed E-state index contributed by atoms with van der Waals surface area (Å²) in [4.78, 5) is 11.4. The van der Waals surface area contributed by atoms with Crippen LogP contribution in [-0.2, 0) is 4.79 Å². The van der Waals surface area contributed by atoms with Crippen LogP contribution in [0.3, 0.4) is 0 Å². The minimum absolute atomic E-state index is 0.0665. The van der Waals surface area contributed by atoms with Gasteiger partial charge in [-0.05, 0) is 43.3 Å². The van der Waals surface area contributed by atoms with Crippen LogP contribution in [0.1, 0.15) is 39.5 Å². The van der Waals surface area contributed by atoms with E-state index in [1.165, 1.54) is 0 Å². The highest BCUT2D eigenvalue weighted by Crippen LogP contribution is 2.50. The number of carbonyl (C=O) groups is 1. The van der Waals surface area contributed by atoms with Crippen molar-refractivity contribution in [3.05, 3.63) is 11.6 Å². The van der Waals surface area contributed by atoms with Crippen LogP contribution in [0.25, 0.3) is 0 Å². The Kier molecular flexibility index (Phi) is 2.28. The predicted molar refractivity (Wildman–Crippen MR) is 56.3 cm³/mol. The van der Waals surface area contributed by atoms with Crippen molar-refractivity contribution in [2.75, 3.05) is 0 Å². The lowest BCUT2D eigenvalue weighted by Gasteiger charge is -2.49. The molecule has 0 bridgehead atoms. The molecule has 2 aliphatic rings. The van der Waals surface area contributed by atoms with E-state index < -0.39 is 11.7 Å². The number of hydrogen-bond donors (Lipinski definition) is 2. The topological polar surface area (TPSA) is 57.5 Å². The fraction of sp³-hybridized carbons (Fsp3) is 0.750. The van der Waals surface area contributed by atoms with Crippen LogP contribution in [0.4, 0.5) is 0 Å². The Morgan fingerprint density at radius 2 is 2.07 bits per heavy atom. The van der Waals surface area contributed by atoms with Crippen molar-refractivity contribution in [1.29, 1.82) is 0 Å².